The van der Waals surface area contributed by atoms with E-state index in [1.807, 2.05) is 36.0 Å². The standard InChI is InChI=1S/C13H15ClN4/c1-18-12(16-13(17-18)9-5-6-9)8-15-11-4-2-3-10(14)7-11/h2-4,7,9,15H,5-6,8H2,1H3. The minimum atomic E-state index is 0.594. The molecule has 0 atom stereocenters. The van der Waals surface area contributed by atoms with Crippen LogP contribution in [0.5, 0.6) is 0 Å². The molecule has 1 aromatic heterocycles. The molecule has 1 fully saturated rings. The van der Waals surface area contributed by atoms with Crippen LogP contribution in [0.2, 0.25) is 5.02 Å². The largest absolute Gasteiger partial charge is 0.378 e. The number of anilines is 1. The molecule has 1 aliphatic carbocycles. The van der Waals surface area contributed by atoms with E-state index in [2.05, 4.69) is 15.4 Å². The molecule has 0 radical (unpaired) electrons. The van der Waals surface area contributed by atoms with E-state index in [0.29, 0.717) is 12.5 Å². The van der Waals surface area contributed by atoms with Crippen LogP contribution in [0.1, 0.15) is 30.4 Å². The van der Waals surface area contributed by atoms with Gasteiger partial charge in [0, 0.05) is 23.7 Å². The Morgan fingerprint density at radius 2 is 2.28 bits per heavy atom. The third kappa shape index (κ3) is 2.48. The van der Waals surface area contributed by atoms with Crippen molar-refractivity contribution < 1.29 is 0 Å². The van der Waals surface area contributed by atoms with Gasteiger partial charge in [0.05, 0.1) is 6.54 Å². The third-order valence-electron chi connectivity index (χ3n) is 3.09. The maximum Gasteiger partial charge on any atom is 0.154 e. The molecule has 94 valence electrons. The average Bonchev–Trinajstić information content (AvgIpc) is 3.12. The number of hydrogen-bond donors (Lipinski definition) is 1. The van der Waals surface area contributed by atoms with Gasteiger partial charge in [-0.25, -0.2) is 4.98 Å². The summed E-state index contributed by atoms with van der Waals surface area (Å²) in [6.45, 7) is 0.663. The molecule has 1 heterocycles. The van der Waals surface area contributed by atoms with Crippen LogP contribution >= 0.6 is 11.6 Å². The Labute approximate surface area is 111 Å². The lowest BCUT2D eigenvalue weighted by Gasteiger charge is -2.05. The number of rotatable bonds is 4. The van der Waals surface area contributed by atoms with E-state index in [1.165, 1.54) is 12.8 Å². The lowest BCUT2D eigenvalue weighted by molar-refractivity contribution is 0.702. The average molecular weight is 263 g/mol. The number of aromatic nitrogens is 3. The van der Waals surface area contributed by atoms with Gasteiger partial charge in [0.2, 0.25) is 0 Å². The summed E-state index contributed by atoms with van der Waals surface area (Å²) in [5.41, 5.74) is 0.999. The summed E-state index contributed by atoms with van der Waals surface area (Å²) in [7, 11) is 1.94. The van der Waals surface area contributed by atoms with E-state index in [0.717, 1.165) is 22.4 Å². The van der Waals surface area contributed by atoms with Gasteiger partial charge in [-0.05, 0) is 31.0 Å². The zero-order chi connectivity index (χ0) is 12.5. The third-order valence-corrected chi connectivity index (χ3v) is 3.32. The van der Waals surface area contributed by atoms with E-state index in [4.69, 9.17) is 11.6 Å². The SMILES string of the molecule is Cn1nc(C2CC2)nc1CNc1cccc(Cl)c1. The molecule has 1 N–H and O–H groups in total. The van der Waals surface area contributed by atoms with Crippen LogP contribution in [0.25, 0.3) is 0 Å². The van der Waals surface area contributed by atoms with Gasteiger partial charge in [0.15, 0.2) is 5.82 Å². The van der Waals surface area contributed by atoms with Crippen molar-refractivity contribution in [3.8, 4) is 0 Å². The first-order valence-electron chi connectivity index (χ1n) is 6.11. The number of aryl methyl sites for hydroxylation is 1. The number of halogens is 1. The summed E-state index contributed by atoms with van der Waals surface area (Å²) in [4.78, 5) is 4.57. The summed E-state index contributed by atoms with van der Waals surface area (Å²) in [5, 5.41) is 8.48. The monoisotopic (exact) mass is 262 g/mol. The molecule has 2 aromatic rings. The van der Waals surface area contributed by atoms with Crippen LogP contribution in [0.15, 0.2) is 24.3 Å². The van der Waals surface area contributed by atoms with Crippen molar-refractivity contribution in [1.82, 2.24) is 14.8 Å². The lowest BCUT2D eigenvalue weighted by atomic mass is 10.3. The highest BCUT2D eigenvalue weighted by Gasteiger charge is 2.28. The first-order valence-corrected chi connectivity index (χ1v) is 6.49. The minimum absolute atomic E-state index is 0.594. The van der Waals surface area contributed by atoms with Gasteiger partial charge in [0.25, 0.3) is 0 Å². The van der Waals surface area contributed by atoms with Gasteiger partial charge in [0.1, 0.15) is 5.82 Å². The quantitative estimate of drug-likeness (QED) is 0.921. The molecular weight excluding hydrogens is 248 g/mol. The van der Waals surface area contributed by atoms with E-state index in [9.17, 15) is 0 Å². The molecule has 0 aliphatic heterocycles. The fourth-order valence-corrected chi connectivity index (χ4v) is 2.08. The van der Waals surface area contributed by atoms with Gasteiger partial charge in [-0.15, -0.1) is 0 Å². The Balaban J connectivity index is 1.69. The molecule has 0 amide bonds. The second kappa shape index (κ2) is 4.61. The van der Waals surface area contributed by atoms with E-state index >= 15 is 0 Å². The van der Waals surface area contributed by atoms with E-state index in [1.54, 1.807) is 0 Å². The fourth-order valence-electron chi connectivity index (χ4n) is 1.89. The second-order valence-corrected chi connectivity index (χ2v) is 5.08. The second-order valence-electron chi connectivity index (χ2n) is 4.65. The maximum absolute atomic E-state index is 5.94. The van der Waals surface area contributed by atoms with Crippen LogP contribution in [-0.2, 0) is 13.6 Å². The van der Waals surface area contributed by atoms with E-state index in [-0.39, 0.29) is 0 Å². The normalized spacial score (nSPS) is 14.8. The molecule has 1 saturated carbocycles. The van der Waals surface area contributed by atoms with Crippen molar-refractivity contribution in [3.05, 3.63) is 40.9 Å². The topological polar surface area (TPSA) is 42.7 Å². The lowest BCUT2D eigenvalue weighted by Crippen LogP contribution is -2.06. The summed E-state index contributed by atoms with van der Waals surface area (Å²) >= 11 is 5.94. The molecule has 0 unspecified atom stereocenters. The zero-order valence-corrected chi connectivity index (χ0v) is 11.0. The number of hydrogen-bond acceptors (Lipinski definition) is 3. The number of nitrogens with one attached hydrogen (secondary N) is 1. The number of benzene rings is 1. The van der Waals surface area contributed by atoms with Crippen LogP contribution in [0.4, 0.5) is 5.69 Å². The van der Waals surface area contributed by atoms with Gasteiger partial charge in [-0.3, -0.25) is 4.68 Å². The molecule has 5 heteroatoms. The highest BCUT2D eigenvalue weighted by Crippen LogP contribution is 2.38. The van der Waals surface area contributed by atoms with Gasteiger partial charge < -0.3 is 5.32 Å². The van der Waals surface area contributed by atoms with Crippen LogP contribution in [-0.4, -0.2) is 14.8 Å². The van der Waals surface area contributed by atoms with Crippen molar-refractivity contribution in [2.75, 3.05) is 5.32 Å². The first-order chi connectivity index (χ1) is 8.72. The van der Waals surface area contributed by atoms with Gasteiger partial charge >= 0.3 is 0 Å². The molecule has 0 bridgehead atoms. The maximum atomic E-state index is 5.94. The zero-order valence-electron chi connectivity index (χ0n) is 10.2. The fraction of sp³-hybridized carbons (Fsp3) is 0.385. The molecular formula is C13H15ClN4. The smallest absolute Gasteiger partial charge is 0.154 e. The molecule has 3 rings (SSSR count). The van der Waals surface area contributed by atoms with Crippen molar-refractivity contribution in [1.29, 1.82) is 0 Å². The summed E-state index contributed by atoms with van der Waals surface area (Å²) in [6.07, 6.45) is 2.45. The Hall–Kier alpha value is -1.55. The van der Waals surface area contributed by atoms with Crippen molar-refractivity contribution in [3.63, 3.8) is 0 Å². The molecule has 0 spiro atoms. The molecule has 1 aliphatic rings. The Morgan fingerprint density at radius 3 is 3.00 bits per heavy atom. The van der Waals surface area contributed by atoms with Gasteiger partial charge in [-0.1, -0.05) is 17.7 Å². The van der Waals surface area contributed by atoms with Gasteiger partial charge in [-0.2, -0.15) is 5.10 Å². The Kier molecular flexibility index (Phi) is 2.96. The highest BCUT2D eigenvalue weighted by atomic mass is 35.5. The number of nitrogens with zero attached hydrogens (tertiary/aromatic N) is 3. The van der Waals surface area contributed by atoms with E-state index < -0.39 is 0 Å². The summed E-state index contributed by atoms with van der Waals surface area (Å²) in [5.74, 6) is 2.54. The predicted molar refractivity (Wildman–Crippen MR) is 71.8 cm³/mol. The highest BCUT2D eigenvalue weighted by molar-refractivity contribution is 6.30. The molecule has 18 heavy (non-hydrogen) atoms. The van der Waals surface area contributed by atoms with Crippen LogP contribution < -0.4 is 5.32 Å². The molecule has 4 nitrogen and oxygen atoms in total. The minimum Gasteiger partial charge on any atom is -0.378 e. The van der Waals surface area contributed by atoms with Crippen molar-refractivity contribution >= 4 is 17.3 Å². The van der Waals surface area contributed by atoms with Crippen LogP contribution in [0.3, 0.4) is 0 Å². The van der Waals surface area contributed by atoms with Crippen molar-refractivity contribution in [2.24, 2.45) is 7.05 Å². The molecule has 0 saturated heterocycles. The summed E-state index contributed by atoms with van der Waals surface area (Å²) in [6, 6.07) is 7.68. The predicted octanol–water partition coefficient (Wildman–Crippen LogP) is 2.96. The van der Waals surface area contributed by atoms with Crippen LogP contribution in [0, 0.1) is 0 Å². The molecule has 1 aromatic carbocycles. The van der Waals surface area contributed by atoms with Crippen molar-refractivity contribution in [2.45, 2.75) is 25.3 Å². The first kappa shape index (κ1) is 11.5. The Morgan fingerprint density at radius 1 is 1.44 bits per heavy atom. The summed E-state index contributed by atoms with van der Waals surface area (Å²) < 4.78 is 1.85. The Bertz CT molecular complexity index is 560.